The zero-order valence-electron chi connectivity index (χ0n) is 23.2. The summed E-state index contributed by atoms with van der Waals surface area (Å²) >= 11 is 0. The first-order valence-corrected chi connectivity index (χ1v) is 13.3. The second-order valence-electron chi connectivity index (χ2n) is 9.80. The van der Waals surface area contributed by atoms with E-state index in [1.54, 1.807) is 6.92 Å². The topological polar surface area (TPSA) is 102 Å². The summed E-state index contributed by atoms with van der Waals surface area (Å²) in [7, 11) is 0. The van der Waals surface area contributed by atoms with Crippen LogP contribution in [-0.4, -0.2) is 28.6 Å². The van der Waals surface area contributed by atoms with Crippen LogP contribution in [0.3, 0.4) is 0 Å². The van der Waals surface area contributed by atoms with Gasteiger partial charge in [-0.2, -0.15) is 26.3 Å². The number of hydrogen-bond acceptors (Lipinski definition) is 5. The molecule has 13 heteroatoms. The van der Waals surface area contributed by atoms with E-state index in [-0.39, 0.29) is 36.8 Å². The number of alkyl halides is 6. The number of nitrogens with zero attached hydrogens (tertiary/aromatic N) is 1. The number of carbonyl (C=O) groups excluding carboxylic acids is 1. The second-order valence-corrected chi connectivity index (χ2v) is 9.80. The Labute approximate surface area is 247 Å². The SMILES string of the molecule is Cc1oc(-c2ccccc2)nc1CCOc1ccc(CCC(=O)O)c(C(=O)NCc2cc(C(F)(F)F)cc(C(F)(F)F)c2)c1. The third kappa shape index (κ3) is 8.39. The summed E-state index contributed by atoms with van der Waals surface area (Å²) in [5.74, 6) is -0.681. The van der Waals surface area contributed by atoms with Crippen molar-refractivity contribution in [2.45, 2.75) is 45.1 Å². The van der Waals surface area contributed by atoms with Gasteiger partial charge in [0, 0.05) is 30.5 Å². The van der Waals surface area contributed by atoms with Gasteiger partial charge in [0.05, 0.1) is 23.4 Å². The number of benzene rings is 3. The highest BCUT2D eigenvalue weighted by molar-refractivity contribution is 5.96. The lowest BCUT2D eigenvalue weighted by Gasteiger charge is -2.16. The molecule has 0 fully saturated rings. The van der Waals surface area contributed by atoms with Crippen molar-refractivity contribution >= 4 is 11.9 Å². The van der Waals surface area contributed by atoms with Gasteiger partial charge in [-0.15, -0.1) is 0 Å². The number of hydrogen-bond donors (Lipinski definition) is 2. The van der Waals surface area contributed by atoms with Gasteiger partial charge in [-0.05, 0) is 66.9 Å². The highest BCUT2D eigenvalue weighted by Gasteiger charge is 2.37. The number of nitrogens with one attached hydrogen (secondary N) is 1. The van der Waals surface area contributed by atoms with Gasteiger partial charge in [0.2, 0.25) is 5.89 Å². The summed E-state index contributed by atoms with van der Waals surface area (Å²) < 4.78 is 90.9. The van der Waals surface area contributed by atoms with Crippen molar-refractivity contribution in [1.29, 1.82) is 0 Å². The molecule has 0 saturated carbocycles. The molecule has 44 heavy (non-hydrogen) atoms. The fourth-order valence-corrected chi connectivity index (χ4v) is 4.35. The van der Waals surface area contributed by atoms with Crippen LogP contribution in [0.4, 0.5) is 26.3 Å². The van der Waals surface area contributed by atoms with Gasteiger partial charge in [0.25, 0.3) is 5.91 Å². The lowest BCUT2D eigenvalue weighted by Crippen LogP contribution is -2.25. The first-order chi connectivity index (χ1) is 20.7. The zero-order valence-corrected chi connectivity index (χ0v) is 23.2. The number of carboxylic acids is 1. The molecule has 0 saturated heterocycles. The number of aliphatic carboxylic acids is 1. The third-order valence-electron chi connectivity index (χ3n) is 6.56. The van der Waals surface area contributed by atoms with Crippen molar-refractivity contribution in [2.24, 2.45) is 0 Å². The Bertz CT molecular complexity index is 1600. The average molecular weight is 621 g/mol. The molecule has 4 rings (SSSR count). The smallest absolute Gasteiger partial charge is 0.416 e. The molecular weight excluding hydrogens is 594 g/mol. The number of oxazole rings is 1. The lowest BCUT2D eigenvalue weighted by molar-refractivity contribution is -0.143. The van der Waals surface area contributed by atoms with Crippen molar-refractivity contribution in [2.75, 3.05) is 6.61 Å². The minimum Gasteiger partial charge on any atom is -0.493 e. The molecule has 4 aromatic rings. The van der Waals surface area contributed by atoms with Crippen LogP contribution in [0.25, 0.3) is 11.5 Å². The molecule has 0 radical (unpaired) electrons. The number of amides is 1. The minimum absolute atomic E-state index is 0.000827. The van der Waals surface area contributed by atoms with Gasteiger partial charge in [0.1, 0.15) is 11.5 Å². The number of aromatic nitrogens is 1. The van der Waals surface area contributed by atoms with Gasteiger partial charge in [-0.1, -0.05) is 24.3 Å². The molecule has 0 aliphatic carbocycles. The van der Waals surface area contributed by atoms with Crippen LogP contribution in [0, 0.1) is 6.92 Å². The molecule has 0 aliphatic rings. The molecular formula is C31H26F6N2O5. The number of carboxylic acid groups (broad SMARTS) is 1. The van der Waals surface area contributed by atoms with Crippen LogP contribution >= 0.6 is 0 Å². The van der Waals surface area contributed by atoms with E-state index in [2.05, 4.69) is 10.3 Å². The van der Waals surface area contributed by atoms with E-state index in [4.69, 9.17) is 14.3 Å². The van der Waals surface area contributed by atoms with E-state index in [0.29, 0.717) is 41.5 Å². The van der Waals surface area contributed by atoms with Crippen LogP contribution in [0.5, 0.6) is 5.75 Å². The van der Waals surface area contributed by atoms with Crippen molar-refractivity contribution in [1.82, 2.24) is 10.3 Å². The molecule has 1 amide bonds. The Balaban J connectivity index is 1.49. The van der Waals surface area contributed by atoms with Gasteiger partial charge in [0.15, 0.2) is 0 Å². The van der Waals surface area contributed by atoms with Gasteiger partial charge in [-0.3, -0.25) is 9.59 Å². The maximum atomic E-state index is 13.2. The van der Waals surface area contributed by atoms with E-state index in [1.165, 1.54) is 18.2 Å². The molecule has 0 aliphatic heterocycles. The molecule has 2 N–H and O–H groups in total. The van der Waals surface area contributed by atoms with Crippen molar-refractivity contribution in [3.8, 4) is 17.2 Å². The molecule has 0 spiro atoms. The maximum absolute atomic E-state index is 13.2. The maximum Gasteiger partial charge on any atom is 0.416 e. The highest BCUT2D eigenvalue weighted by atomic mass is 19.4. The first-order valence-electron chi connectivity index (χ1n) is 13.3. The van der Waals surface area contributed by atoms with Crippen LogP contribution in [0.15, 0.2) is 71.1 Å². The summed E-state index contributed by atoms with van der Waals surface area (Å²) in [6.07, 6.45) is -10.1. The van der Waals surface area contributed by atoms with Gasteiger partial charge < -0.3 is 19.6 Å². The number of ether oxygens (including phenoxy) is 1. The van der Waals surface area contributed by atoms with Crippen molar-refractivity contribution in [3.05, 3.63) is 106 Å². The van der Waals surface area contributed by atoms with Crippen molar-refractivity contribution < 1.29 is 50.2 Å². The quantitative estimate of drug-likeness (QED) is 0.171. The monoisotopic (exact) mass is 620 g/mol. The van der Waals surface area contributed by atoms with E-state index in [0.717, 1.165) is 5.56 Å². The summed E-state index contributed by atoms with van der Waals surface area (Å²) in [6.45, 7) is 1.24. The molecule has 0 unspecified atom stereocenters. The van der Waals surface area contributed by atoms with Crippen LogP contribution in [-0.2, 0) is 36.5 Å². The predicted molar refractivity (Wildman–Crippen MR) is 146 cm³/mol. The number of carbonyl (C=O) groups is 2. The normalized spacial score (nSPS) is 11.8. The Kier molecular flexibility index (Phi) is 9.65. The predicted octanol–water partition coefficient (Wildman–Crippen LogP) is 7.26. The van der Waals surface area contributed by atoms with Gasteiger partial charge >= 0.3 is 18.3 Å². The first kappa shape index (κ1) is 32.1. The van der Waals surface area contributed by atoms with Gasteiger partial charge in [-0.25, -0.2) is 4.98 Å². The molecule has 0 atom stereocenters. The van der Waals surface area contributed by atoms with Crippen LogP contribution in [0.2, 0.25) is 0 Å². The molecule has 0 bridgehead atoms. The molecule has 3 aromatic carbocycles. The standard InChI is InChI=1S/C31H26F6N2O5/c1-18-26(39-29(44-18)21-5-3-2-4-6-21)11-12-43-24-9-7-20(8-10-27(40)41)25(16-24)28(42)38-17-19-13-22(30(32,33)34)15-23(14-19)31(35,36)37/h2-7,9,13-16H,8,10-12,17H2,1H3,(H,38,42)(H,40,41). The van der Waals surface area contributed by atoms with E-state index < -0.39 is 47.5 Å². The van der Waals surface area contributed by atoms with E-state index in [9.17, 15) is 35.9 Å². The zero-order chi connectivity index (χ0) is 32.1. The highest BCUT2D eigenvalue weighted by Crippen LogP contribution is 2.36. The fourth-order valence-electron chi connectivity index (χ4n) is 4.35. The Morgan fingerprint density at radius 2 is 1.57 bits per heavy atom. The third-order valence-corrected chi connectivity index (χ3v) is 6.56. The Hall–Kier alpha value is -4.81. The minimum atomic E-state index is -5.04. The fraction of sp³-hybridized carbons (Fsp3) is 0.258. The summed E-state index contributed by atoms with van der Waals surface area (Å²) in [5.41, 5.74) is -1.71. The Morgan fingerprint density at radius 3 is 2.18 bits per heavy atom. The molecule has 232 valence electrons. The molecule has 1 aromatic heterocycles. The summed E-state index contributed by atoms with van der Waals surface area (Å²) in [6, 6.07) is 14.7. The largest absolute Gasteiger partial charge is 0.493 e. The molecule has 7 nitrogen and oxygen atoms in total. The summed E-state index contributed by atoms with van der Waals surface area (Å²) in [4.78, 5) is 28.7. The average Bonchev–Trinajstić information content (AvgIpc) is 3.34. The van der Waals surface area contributed by atoms with Crippen LogP contribution in [0.1, 0.15) is 50.5 Å². The Morgan fingerprint density at radius 1 is 0.909 bits per heavy atom. The number of aryl methyl sites for hydroxylation is 2. The van der Waals surface area contributed by atoms with E-state index >= 15 is 0 Å². The van der Waals surface area contributed by atoms with Crippen LogP contribution < -0.4 is 10.1 Å². The van der Waals surface area contributed by atoms with Crippen molar-refractivity contribution in [3.63, 3.8) is 0 Å². The van der Waals surface area contributed by atoms with E-state index in [1.807, 2.05) is 30.3 Å². The number of rotatable bonds is 11. The second kappa shape index (κ2) is 13.2. The molecule has 1 heterocycles. The lowest BCUT2D eigenvalue weighted by atomic mass is 10.0. The summed E-state index contributed by atoms with van der Waals surface area (Å²) in [5, 5.41) is 11.4. The number of halogens is 6.